The van der Waals surface area contributed by atoms with E-state index in [4.69, 9.17) is 5.73 Å². The summed E-state index contributed by atoms with van der Waals surface area (Å²) in [6.07, 6.45) is 4.46. The minimum atomic E-state index is -0.845. The molecule has 1 fully saturated rings. The molecule has 0 aliphatic heterocycles. The largest absolute Gasteiger partial charge is 0.327 e. The van der Waals surface area contributed by atoms with Gasteiger partial charge in [0.1, 0.15) is 0 Å². The quantitative estimate of drug-likeness (QED) is 0.920. The van der Waals surface area contributed by atoms with E-state index in [0.29, 0.717) is 11.7 Å². The second-order valence-corrected chi connectivity index (χ2v) is 7.40. The topological polar surface area (TPSA) is 43.1 Å². The summed E-state index contributed by atoms with van der Waals surface area (Å²) in [5.74, 6) is 1.37. The van der Waals surface area contributed by atoms with E-state index in [-0.39, 0.29) is 11.3 Å². The first-order valence-corrected chi connectivity index (χ1v) is 8.67. The van der Waals surface area contributed by atoms with Gasteiger partial charge in [0.2, 0.25) is 0 Å². The van der Waals surface area contributed by atoms with Crippen LogP contribution in [0.4, 0.5) is 0 Å². The number of hydrogen-bond acceptors (Lipinski definition) is 2. The van der Waals surface area contributed by atoms with E-state index in [0.717, 1.165) is 12.8 Å². The molecule has 3 heteroatoms. The third kappa shape index (κ3) is 3.67. The van der Waals surface area contributed by atoms with Gasteiger partial charge in [0, 0.05) is 22.6 Å². The van der Waals surface area contributed by atoms with Gasteiger partial charge in [0.25, 0.3) is 0 Å². The van der Waals surface area contributed by atoms with Gasteiger partial charge in [0.05, 0.1) is 5.25 Å². The monoisotopic (exact) mass is 279 g/mol. The lowest BCUT2D eigenvalue weighted by molar-refractivity contribution is 0.324. The van der Waals surface area contributed by atoms with E-state index >= 15 is 0 Å². The van der Waals surface area contributed by atoms with Crippen LogP contribution in [0.5, 0.6) is 0 Å². The molecule has 0 amide bonds. The van der Waals surface area contributed by atoms with Crippen molar-refractivity contribution in [3.05, 3.63) is 35.4 Å². The van der Waals surface area contributed by atoms with Crippen LogP contribution < -0.4 is 5.73 Å². The highest BCUT2D eigenvalue weighted by molar-refractivity contribution is 7.84. The first-order valence-electron chi connectivity index (χ1n) is 7.29. The van der Waals surface area contributed by atoms with E-state index in [9.17, 15) is 4.21 Å². The number of hydrogen-bond donors (Lipinski definition) is 1. The van der Waals surface area contributed by atoms with Crippen LogP contribution in [-0.4, -0.2) is 15.5 Å². The summed E-state index contributed by atoms with van der Waals surface area (Å²) in [4.78, 5) is 0. The van der Waals surface area contributed by atoms with Crippen LogP contribution in [-0.2, 0) is 16.6 Å². The summed E-state index contributed by atoms with van der Waals surface area (Å²) >= 11 is 0. The molecule has 0 saturated heterocycles. The molecule has 1 aliphatic carbocycles. The second-order valence-electron chi connectivity index (χ2n) is 5.74. The van der Waals surface area contributed by atoms with Crippen molar-refractivity contribution in [1.82, 2.24) is 0 Å². The standard InChI is InChI=1S/C16H25NOS/c1-3-13-8-9-15(17)16(10-13)19(18)11-14-7-5-4-6-12(14)2/h4-7,13,15-16H,3,8-11,17H2,1-2H3. The Labute approximate surface area is 119 Å². The summed E-state index contributed by atoms with van der Waals surface area (Å²) in [6.45, 7) is 4.31. The number of rotatable bonds is 4. The SMILES string of the molecule is CCC1CCC(N)C(S(=O)Cc2ccccc2C)C1. The van der Waals surface area contributed by atoms with Crippen molar-refractivity contribution in [3.63, 3.8) is 0 Å². The molecule has 1 aliphatic rings. The molecular weight excluding hydrogens is 254 g/mol. The molecule has 0 heterocycles. The maximum absolute atomic E-state index is 12.6. The Morgan fingerprint density at radius 3 is 2.74 bits per heavy atom. The Kier molecular flexibility index (Phi) is 5.17. The van der Waals surface area contributed by atoms with Crippen LogP contribution in [0.1, 0.15) is 43.7 Å². The number of benzene rings is 1. The van der Waals surface area contributed by atoms with Gasteiger partial charge in [-0.05, 0) is 43.2 Å². The minimum Gasteiger partial charge on any atom is -0.327 e. The third-order valence-electron chi connectivity index (χ3n) is 4.43. The normalized spacial score (nSPS) is 29.1. The van der Waals surface area contributed by atoms with E-state index in [2.05, 4.69) is 26.0 Å². The zero-order chi connectivity index (χ0) is 13.8. The van der Waals surface area contributed by atoms with Crippen LogP contribution in [0, 0.1) is 12.8 Å². The van der Waals surface area contributed by atoms with Crippen molar-refractivity contribution in [1.29, 1.82) is 0 Å². The van der Waals surface area contributed by atoms with Gasteiger partial charge in [-0.15, -0.1) is 0 Å². The third-order valence-corrected chi connectivity index (χ3v) is 6.24. The first kappa shape index (κ1) is 14.7. The fraction of sp³-hybridized carbons (Fsp3) is 0.625. The Morgan fingerprint density at radius 1 is 1.32 bits per heavy atom. The predicted molar refractivity (Wildman–Crippen MR) is 82.4 cm³/mol. The lowest BCUT2D eigenvalue weighted by Gasteiger charge is -2.33. The second kappa shape index (κ2) is 6.67. The first-order chi connectivity index (χ1) is 9.11. The van der Waals surface area contributed by atoms with Crippen molar-refractivity contribution in [2.24, 2.45) is 11.7 Å². The summed E-state index contributed by atoms with van der Waals surface area (Å²) in [7, 11) is -0.845. The summed E-state index contributed by atoms with van der Waals surface area (Å²) in [5, 5.41) is 0.179. The zero-order valence-corrected chi connectivity index (χ0v) is 12.8. The molecule has 0 aromatic heterocycles. The molecule has 19 heavy (non-hydrogen) atoms. The Hall–Kier alpha value is -0.670. The molecular formula is C16H25NOS. The number of nitrogens with two attached hydrogens (primary N) is 1. The van der Waals surface area contributed by atoms with Crippen molar-refractivity contribution in [3.8, 4) is 0 Å². The van der Waals surface area contributed by atoms with Crippen LogP contribution in [0.15, 0.2) is 24.3 Å². The highest BCUT2D eigenvalue weighted by Gasteiger charge is 2.31. The van der Waals surface area contributed by atoms with Gasteiger partial charge in [-0.25, -0.2) is 0 Å². The molecule has 2 nitrogen and oxygen atoms in total. The van der Waals surface area contributed by atoms with Gasteiger partial charge < -0.3 is 5.73 Å². The summed E-state index contributed by atoms with van der Waals surface area (Å²) < 4.78 is 12.6. The van der Waals surface area contributed by atoms with Crippen molar-refractivity contribution < 1.29 is 4.21 Å². The van der Waals surface area contributed by atoms with E-state index < -0.39 is 10.8 Å². The van der Waals surface area contributed by atoms with Crippen molar-refractivity contribution in [2.75, 3.05) is 0 Å². The molecule has 1 saturated carbocycles. The smallest absolute Gasteiger partial charge is 0.0505 e. The highest BCUT2D eigenvalue weighted by atomic mass is 32.2. The van der Waals surface area contributed by atoms with Crippen molar-refractivity contribution in [2.45, 2.75) is 56.6 Å². The highest BCUT2D eigenvalue weighted by Crippen LogP contribution is 2.30. The minimum absolute atomic E-state index is 0.118. The van der Waals surface area contributed by atoms with E-state index in [1.54, 1.807) is 0 Å². The van der Waals surface area contributed by atoms with Gasteiger partial charge in [-0.2, -0.15) is 0 Å². The molecule has 1 aromatic carbocycles. The Morgan fingerprint density at radius 2 is 2.05 bits per heavy atom. The van der Waals surface area contributed by atoms with Crippen LogP contribution in [0.3, 0.4) is 0 Å². The summed E-state index contributed by atoms with van der Waals surface area (Å²) in [5.41, 5.74) is 8.63. The van der Waals surface area contributed by atoms with E-state index in [1.807, 2.05) is 12.1 Å². The van der Waals surface area contributed by atoms with Crippen molar-refractivity contribution >= 4 is 10.8 Å². The molecule has 1 aromatic rings. The van der Waals surface area contributed by atoms with Crippen LogP contribution in [0.25, 0.3) is 0 Å². The summed E-state index contributed by atoms with van der Waals surface area (Å²) in [6, 6.07) is 8.34. The van der Waals surface area contributed by atoms with Gasteiger partial charge in [-0.1, -0.05) is 37.6 Å². The Balaban J connectivity index is 2.04. The molecule has 0 spiro atoms. The van der Waals surface area contributed by atoms with Crippen LogP contribution in [0.2, 0.25) is 0 Å². The lowest BCUT2D eigenvalue weighted by atomic mass is 9.84. The number of aryl methyl sites for hydroxylation is 1. The molecule has 2 rings (SSSR count). The van der Waals surface area contributed by atoms with Gasteiger partial charge in [-0.3, -0.25) is 4.21 Å². The molecule has 4 unspecified atom stereocenters. The van der Waals surface area contributed by atoms with Crippen LogP contribution >= 0.6 is 0 Å². The molecule has 4 atom stereocenters. The fourth-order valence-corrected chi connectivity index (χ4v) is 4.80. The zero-order valence-electron chi connectivity index (χ0n) is 12.0. The molecule has 0 bridgehead atoms. The average Bonchev–Trinajstić information content (AvgIpc) is 2.42. The van der Waals surface area contributed by atoms with E-state index in [1.165, 1.54) is 24.0 Å². The lowest BCUT2D eigenvalue weighted by Crippen LogP contribution is -2.43. The molecule has 0 radical (unpaired) electrons. The van der Waals surface area contributed by atoms with Gasteiger partial charge in [0.15, 0.2) is 0 Å². The Bertz CT molecular complexity index is 446. The predicted octanol–water partition coefficient (Wildman–Crippen LogP) is 3.15. The average molecular weight is 279 g/mol. The van der Waals surface area contributed by atoms with Gasteiger partial charge >= 0.3 is 0 Å². The maximum atomic E-state index is 12.6. The molecule has 106 valence electrons. The fourth-order valence-electron chi connectivity index (χ4n) is 2.94. The molecule has 2 N–H and O–H groups in total. The maximum Gasteiger partial charge on any atom is 0.0505 e.